The summed E-state index contributed by atoms with van der Waals surface area (Å²) < 4.78 is 0. The molecule has 3 N–H and O–H groups in total. The molecule has 1 aromatic rings. The van der Waals surface area contributed by atoms with Gasteiger partial charge in [0, 0.05) is 12.6 Å². The van der Waals surface area contributed by atoms with Crippen LogP contribution in [0.1, 0.15) is 35.2 Å². The molecule has 1 aliphatic rings. The van der Waals surface area contributed by atoms with Crippen LogP contribution in [0.4, 0.5) is 0 Å². The second kappa shape index (κ2) is 5.87. The topological polar surface area (TPSA) is 61.4 Å². The number of amides is 1. The summed E-state index contributed by atoms with van der Waals surface area (Å²) in [6.45, 7) is 3.46. The van der Waals surface area contributed by atoms with Gasteiger partial charge in [0.15, 0.2) is 0 Å². The number of carbonyl (C=O) groups excluding carboxylic acids is 1. The second-order valence-corrected chi connectivity index (χ2v) is 4.86. The zero-order chi connectivity index (χ0) is 13.0. The number of nitrogens with one attached hydrogen (secondary N) is 2. The van der Waals surface area contributed by atoms with Gasteiger partial charge in [-0.3, -0.25) is 4.79 Å². The zero-order valence-corrected chi connectivity index (χ0v) is 10.7. The predicted molar refractivity (Wildman–Crippen MR) is 70.8 cm³/mol. The Morgan fingerprint density at radius 1 is 1.39 bits per heavy atom. The summed E-state index contributed by atoms with van der Waals surface area (Å²) in [7, 11) is 0. The molecule has 0 spiro atoms. The van der Waals surface area contributed by atoms with E-state index in [4.69, 9.17) is 0 Å². The molecule has 18 heavy (non-hydrogen) atoms. The molecule has 1 fully saturated rings. The van der Waals surface area contributed by atoms with E-state index < -0.39 is 0 Å². The molecule has 0 unspecified atom stereocenters. The van der Waals surface area contributed by atoms with Gasteiger partial charge in [-0.25, -0.2) is 0 Å². The number of carbonyl (C=O) groups is 1. The van der Waals surface area contributed by atoms with Crippen LogP contribution in [0.15, 0.2) is 18.2 Å². The fraction of sp³-hybridized carbons (Fsp3) is 0.500. The molecule has 1 amide bonds. The first kappa shape index (κ1) is 12.9. The minimum atomic E-state index is -0.206. The minimum Gasteiger partial charge on any atom is -0.507 e. The summed E-state index contributed by atoms with van der Waals surface area (Å²) in [6, 6.07) is 5.75. The van der Waals surface area contributed by atoms with E-state index in [0.717, 1.165) is 18.5 Å². The minimum absolute atomic E-state index is 0.0363. The van der Waals surface area contributed by atoms with Crippen LogP contribution < -0.4 is 10.6 Å². The van der Waals surface area contributed by atoms with Crippen LogP contribution in [0, 0.1) is 6.92 Å². The van der Waals surface area contributed by atoms with Crippen LogP contribution in [0.3, 0.4) is 0 Å². The van der Waals surface area contributed by atoms with Crippen molar-refractivity contribution in [1.29, 1.82) is 0 Å². The number of phenols is 1. The Hall–Kier alpha value is -1.55. The lowest BCUT2D eigenvalue weighted by Crippen LogP contribution is -2.28. The average molecular weight is 248 g/mol. The largest absolute Gasteiger partial charge is 0.507 e. The van der Waals surface area contributed by atoms with E-state index in [1.165, 1.54) is 12.8 Å². The van der Waals surface area contributed by atoms with Crippen molar-refractivity contribution in [1.82, 2.24) is 10.6 Å². The van der Waals surface area contributed by atoms with Crippen molar-refractivity contribution in [2.75, 3.05) is 13.1 Å². The van der Waals surface area contributed by atoms with Crippen molar-refractivity contribution in [2.24, 2.45) is 0 Å². The van der Waals surface area contributed by atoms with Gasteiger partial charge in [-0.1, -0.05) is 11.6 Å². The van der Waals surface area contributed by atoms with Crippen molar-refractivity contribution in [3.63, 3.8) is 0 Å². The van der Waals surface area contributed by atoms with Crippen molar-refractivity contribution in [3.8, 4) is 5.75 Å². The molecule has 0 heterocycles. The average Bonchev–Trinajstić information content (AvgIpc) is 3.15. The van der Waals surface area contributed by atoms with Gasteiger partial charge in [-0.2, -0.15) is 0 Å². The second-order valence-electron chi connectivity index (χ2n) is 4.86. The van der Waals surface area contributed by atoms with Crippen LogP contribution in [0.25, 0.3) is 0 Å². The SMILES string of the molecule is Cc1ccc(O)c(C(=O)NCCCNC2CC2)c1. The lowest BCUT2D eigenvalue weighted by atomic mass is 10.1. The summed E-state index contributed by atoms with van der Waals surface area (Å²) in [6.07, 6.45) is 3.47. The molecule has 1 aromatic carbocycles. The number of hydrogen-bond acceptors (Lipinski definition) is 3. The number of aryl methyl sites for hydroxylation is 1. The third-order valence-corrected chi connectivity index (χ3v) is 3.05. The van der Waals surface area contributed by atoms with Crippen LogP contribution in [0.2, 0.25) is 0 Å². The van der Waals surface area contributed by atoms with Crippen molar-refractivity contribution < 1.29 is 9.90 Å². The Bertz CT molecular complexity index is 428. The summed E-state index contributed by atoms with van der Waals surface area (Å²) in [5, 5.41) is 15.8. The third kappa shape index (κ3) is 3.74. The maximum Gasteiger partial charge on any atom is 0.255 e. The summed E-state index contributed by atoms with van der Waals surface area (Å²) >= 11 is 0. The van der Waals surface area contributed by atoms with Gasteiger partial charge in [-0.05, 0) is 44.9 Å². The van der Waals surface area contributed by atoms with Gasteiger partial charge in [0.2, 0.25) is 0 Å². The highest BCUT2D eigenvalue weighted by molar-refractivity contribution is 5.96. The van der Waals surface area contributed by atoms with Crippen LogP contribution in [-0.4, -0.2) is 30.1 Å². The van der Waals surface area contributed by atoms with Gasteiger partial charge in [0.1, 0.15) is 5.75 Å². The molecule has 0 aromatic heterocycles. The van der Waals surface area contributed by atoms with Crippen molar-refractivity contribution in [3.05, 3.63) is 29.3 Å². The third-order valence-electron chi connectivity index (χ3n) is 3.05. The van der Waals surface area contributed by atoms with E-state index in [1.54, 1.807) is 18.2 Å². The number of benzene rings is 1. The maximum atomic E-state index is 11.8. The van der Waals surface area contributed by atoms with Gasteiger partial charge in [-0.15, -0.1) is 0 Å². The van der Waals surface area contributed by atoms with E-state index in [-0.39, 0.29) is 11.7 Å². The normalized spacial score (nSPS) is 14.5. The van der Waals surface area contributed by atoms with Gasteiger partial charge >= 0.3 is 0 Å². The van der Waals surface area contributed by atoms with Crippen molar-refractivity contribution >= 4 is 5.91 Å². The standard InChI is InChI=1S/C14H20N2O2/c1-10-3-6-13(17)12(9-10)14(18)16-8-2-7-15-11-4-5-11/h3,6,9,11,15,17H,2,4-5,7-8H2,1H3,(H,16,18). The Morgan fingerprint density at radius 2 is 2.17 bits per heavy atom. The first-order valence-electron chi connectivity index (χ1n) is 6.48. The summed E-state index contributed by atoms with van der Waals surface area (Å²) in [5.74, 6) is -0.170. The molecule has 1 saturated carbocycles. The number of aromatic hydroxyl groups is 1. The van der Waals surface area contributed by atoms with Crippen LogP contribution >= 0.6 is 0 Å². The number of hydrogen-bond donors (Lipinski definition) is 3. The number of rotatable bonds is 6. The fourth-order valence-electron chi connectivity index (χ4n) is 1.81. The first-order chi connectivity index (χ1) is 8.66. The molecule has 0 bridgehead atoms. The molecule has 0 radical (unpaired) electrons. The highest BCUT2D eigenvalue weighted by atomic mass is 16.3. The molecule has 1 aliphatic carbocycles. The van der Waals surface area contributed by atoms with Gasteiger partial charge in [0.25, 0.3) is 5.91 Å². The molecule has 2 rings (SSSR count). The maximum absolute atomic E-state index is 11.8. The fourth-order valence-corrected chi connectivity index (χ4v) is 1.81. The number of phenolic OH excluding ortho intramolecular Hbond substituents is 1. The van der Waals surface area contributed by atoms with Crippen LogP contribution in [-0.2, 0) is 0 Å². The van der Waals surface area contributed by atoms with E-state index in [0.29, 0.717) is 18.2 Å². The van der Waals surface area contributed by atoms with Crippen molar-refractivity contribution in [2.45, 2.75) is 32.2 Å². The lowest BCUT2D eigenvalue weighted by Gasteiger charge is -2.08. The van der Waals surface area contributed by atoms with E-state index >= 15 is 0 Å². The van der Waals surface area contributed by atoms with Gasteiger partial charge in [0.05, 0.1) is 5.56 Å². The highest BCUT2D eigenvalue weighted by Gasteiger charge is 2.19. The molecular weight excluding hydrogens is 228 g/mol. The Morgan fingerprint density at radius 3 is 2.89 bits per heavy atom. The Kier molecular flexibility index (Phi) is 4.20. The molecule has 0 atom stereocenters. The van der Waals surface area contributed by atoms with Gasteiger partial charge < -0.3 is 15.7 Å². The predicted octanol–water partition coefficient (Wildman–Crippen LogP) is 1.57. The summed E-state index contributed by atoms with van der Waals surface area (Å²) in [4.78, 5) is 11.8. The molecule has 98 valence electrons. The molecule has 4 nitrogen and oxygen atoms in total. The monoisotopic (exact) mass is 248 g/mol. The summed E-state index contributed by atoms with van der Waals surface area (Å²) in [5.41, 5.74) is 1.32. The molecular formula is C14H20N2O2. The van der Waals surface area contributed by atoms with E-state index in [9.17, 15) is 9.90 Å². The molecule has 4 heteroatoms. The quantitative estimate of drug-likeness (QED) is 0.670. The molecule has 0 saturated heterocycles. The lowest BCUT2D eigenvalue weighted by molar-refractivity contribution is 0.0950. The Labute approximate surface area is 107 Å². The van der Waals surface area contributed by atoms with E-state index in [2.05, 4.69) is 10.6 Å². The Balaban J connectivity index is 1.74. The highest BCUT2D eigenvalue weighted by Crippen LogP contribution is 2.18. The smallest absolute Gasteiger partial charge is 0.255 e. The first-order valence-corrected chi connectivity index (χ1v) is 6.48. The van der Waals surface area contributed by atoms with E-state index in [1.807, 2.05) is 6.92 Å². The zero-order valence-electron chi connectivity index (χ0n) is 10.7. The molecule has 0 aliphatic heterocycles. The van der Waals surface area contributed by atoms with Crippen LogP contribution in [0.5, 0.6) is 5.75 Å².